The Morgan fingerprint density at radius 2 is 1.76 bits per heavy atom. The molecular formula is C25H41NO8. The number of aliphatic hydroxyl groups excluding tert-OH is 1. The van der Waals surface area contributed by atoms with Crippen molar-refractivity contribution in [1.29, 1.82) is 0 Å². The molecule has 0 bridgehead atoms. The van der Waals surface area contributed by atoms with E-state index in [1.54, 1.807) is 26.8 Å². The average molecular weight is 484 g/mol. The fourth-order valence-corrected chi connectivity index (χ4v) is 4.91. The molecule has 2 aliphatic rings. The Balaban J connectivity index is 2.38. The number of nitrogens with zero attached hydrogens (tertiary/aromatic N) is 1. The number of cyclic esters (lactones) is 1. The first-order valence-electron chi connectivity index (χ1n) is 12.1. The molecular weight excluding hydrogens is 442 g/mol. The Kier molecular flexibility index (Phi) is 9.58. The predicted octanol–water partition coefficient (Wildman–Crippen LogP) is 2.38. The summed E-state index contributed by atoms with van der Waals surface area (Å²) in [6.45, 7) is 10.2. The minimum Gasteiger partial charge on any atom is -0.633 e. The van der Waals surface area contributed by atoms with Gasteiger partial charge in [0, 0.05) is 18.3 Å². The molecule has 0 aliphatic carbocycles. The molecule has 1 saturated heterocycles. The standard InChI is InChI=1S/C25H41NO8/c1-13-9-10-20(28)14(2)11-15(3)22(17(5)24(30)33-23(13)18(6)27)34-25-21(29)19(26(7,8)31)12-16(4)32-25/h9-10,13-17,19,21-23,25,29H,11-12H2,1-8H3/t13-,14-,15+,16-,17-,19+,21-,22+,23+,25?/m1/s1. The lowest BCUT2D eigenvalue weighted by molar-refractivity contribution is -0.874. The summed E-state index contributed by atoms with van der Waals surface area (Å²) in [6.07, 6.45) is -0.599. The quantitative estimate of drug-likeness (QED) is 0.367. The fourth-order valence-electron chi connectivity index (χ4n) is 4.91. The van der Waals surface area contributed by atoms with Crippen LogP contribution in [0.4, 0.5) is 0 Å². The molecule has 1 unspecified atom stereocenters. The molecule has 1 N–H and O–H groups in total. The van der Waals surface area contributed by atoms with E-state index >= 15 is 0 Å². The second-order valence-corrected chi connectivity index (χ2v) is 10.6. The number of hydrogen-bond acceptors (Lipinski definition) is 8. The van der Waals surface area contributed by atoms with Crippen LogP contribution in [0, 0.1) is 28.9 Å². The highest BCUT2D eigenvalue weighted by molar-refractivity contribution is 5.92. The summed E-state index contributed by atoms with van der Waals surface area (Å²) in [6, 6.07) is -0.661. The number of allylic oxidation sites excluding steroid dienone is 1. The minimum absolute atomic E-state index is 0.0904. The third-order valence-electron chi connectivity index (χ3n) is 7.02. The third-order valence-corrected chi connectivity index (χ3v) is 7.02. The molecule has 0 amide bonds. The van der Waals surface area contributed by atoms with Gasteiger partial charge in [0.25, 0.3) is 0 Å². The first kappa shape index (κ1) is 28.6. The summed E-state index contributed by atoms with van der Waals surface area (Å²) in [4.78, 5) is 38.0. The molecule has 9 nitrogen and oxygen atoms in total. The number of ketones is 2. The number of ether oxygens (including phenoxy) is 3. The van der Waals surface area contributed by atoms with Gasteiger partial charge in [-0.25, -0.2) is 0 Å². The van der Waals surface area contributed by atoms with Crippen LogP contribution in [0.25, 0.3) is 0 Å². The lowest BCUT2D eigenvalue weighted by atomic mass is 9.84. The van der Waals surface area contributed by atoms with E-state index in [2.05, 4.69) is 0 Å². The number of hydroxylamine groups is 3. The van der Waals surface area contributed by atoms with E-state index in [1.807, 2.05) is 13.8 Å². The van der Waals surface area contributed by atoms with E-state index in [4.69, 9.17) is 14.2 Å². The highest BCUT2D eigenvalue weighted by Gasteiger charge is 2.46. The van der Waals surface area contributed by atoms with Gasteiger partial charge in [0.05, 0.1) is 32.2 Å². The van der Waals surface area contributed by atoms with Crippen LogP contribution in [0.1, 0.15) is 54.4 Å². The van der Waals surface area contributed by atoms with E-state index in [0.717, 1.165) is 0 Å². The van der Waals surface area contributed by atoms with Crippen molar-refractivity contribution >= 4 is 17.5 Å². The first-order chi connectivity index (χ1) is 15.6. The molecule has 9 heteroatoms. The van der Waals surface area contributed by atoms with Crippen LogP contribution in [-0.2, 0) is 28.6 Å². The molecule has 34 heavy (non-hydrogen) atoms. The van der Waals surface area contributed by atoms with Gasteiger partial charge in [-0.15, -0.1) is 0 Å². The Hall–Kier alpha value is -1.65. The van der Waals surface area contributed by atoms with Crippen molar-refractivity contribution in [3.63, 3.8) is 0 Å². The van der Waals surface area contributed by atoms with Gasteiger partial charge < -0.3 is 29.2 Å². The third kappa shape index (κ3) is 6.95. The van der Waals surface area contributed by atoms with Crippen LogP contribution in [-0.4, -0.2) is 78.1 Å². The molecule has 0 aromatic heterocycles. The zero-order valence-corrected chi connectivity index (χ0v) is 21.6. The highest BCUT2D eigenvalue weighted by Crippen LogP contribution is 2.33. The van der Waals surface area contributed by atoms with E-state index in [0.29, 0.717) is 12.8 Å². The Morgan fingerprint density at radius 1 is 1.15 bits per heavy atom. The van der Waals surface area contributed by atoms with Crippen molar-refractivity contribution < 1.29 is 38.3 Å². The molecule has 2 heterocycles. The van der Waals surface area contributed by atoms with Crippen LogP contribution in [0.15, 0.2) is 12.2 Å². The number of esters is 1. The van der Waals surface area contributed by atoms with Crippen molar-refractivity contribution in [1.82, 2.24) is 0 Å². The second-order valence-electron chi connectivity index (χ2n) is 10.6. The maximum absolute atomic E-state index is 13.1. The molecule has 0 aromatic rings. The molecule has 10 atom stereocenters. The molecule has 0 saturated carbocycles. The van der Waals surface area contributed by atoms with Gasteiger partial charge in [-0.1, -0.05) is 26.8 Å². The summed E-state index contributed by atoms with van der Waals surface area (Å²) < 4.78 is 16.9. The Labute approximate surface area is 202 Å². The van der Waals surface area contributed by atoms with E-state index in [-0.39, 0.29) is 29.5 Å². The molecule has 2 rings (SSSR count). The topological polar surface area (TPSA) is 122 Å². The maximum Gasteiger partial charge on any atom is 0.312 e. The van der Waals surface area contributed by atoms with E-state index in [1.165, 1.54) is 27.1 Å². The van der Waals surface area contributed by atoms with Gasteiger partial charge in [-0.2, -0.15) is 0 Å². The lowest BCUT2D eigenvalue weighted by Gasteiger charge is -2.49. The summed E-state index contributed by atoms with van der Waals surface area (Å²) in [7, 11) is 2.93. The van der Waals surface area contributed by atoms with Crippen molar-refractivity contribution in [3.8, 4) is 0 Å². The van der Waals surface area contributed by atoms with Crippen molar-refractivity contribution in [2.45, 2.75) is 91.1 Å². The lowest BCUT2D eigenvalue weighted by Crippen LogP contribution is -2.61. The second kappa shape index (κ2) is 11.4. The van der Waals surface area contributed by atoms with Crippen LogP contribution < -0.4 is 0 Å². The molecule has 1 fully saturated rings. The summed E-state index contributed by atoms with van der Waals surface area (Å²) in [5.74, 6) is -2.93. The van der Waals surface area contributed by atoms with Crippen LogP contribution in [0.3, 0.4) is 0 Å². The van der Waals surface area contributed by atoms with E-state index in [9.17, 15) is 24.7 Å². The summed E-state index contributed by atoms with van der Waals surface area (Å²) in [5.41, 5.74) is 0. The summed E-state index contributed by atoms with van der Waals surface area (Å²) in [5, 5.41) is 23.5. The molecule has 194 valence electrons. The van der Waals surface area contributed by atoms with Crippen LogP contribution in [0.5, 0.6) is 0 Å². The smallest absolute Gasteiger partial charge is 0.312 e. The fraction of sp³-hybridized carbons (Fsp3) is 0.800. The normalized spacial score (nSPS) is 40.8. The SMILES string of the molecule is CC(=O)[C@H]1OC(=O)[C@H](C)[C@@H](OC2O[C@H](C)C[C@H]([N+](C)(C)[O-])[C@H]2O)[C@@H](C)C[C@@H](C)C(=O)C=C[C@H]1C. The predicted molar refractivity (Wildman–Crippen MR) is 125 cm³/mol. The summed E-state index contributed by atoms with van der Waals surface area (Å²) >= 11 is 0. The molecule has 0 spiro atoms. The van der Waals surface area contributed by atoms with E-state index < -0.39 is 53.1 Å². The maximum atomic E-state index is 13.1. The number of carbonyl (C=O) groups is 3. The number of quaternary nitrogens is 1. The number of carbonyl (C=O) groups excluding carboxylic acids is 3. The number of Topliss-reactive ketones (excluding diaryl/α,β-unsaturated/α-hetero) is 1. The molecule has 0 radical (unpaired) electrons. The first-order valence-corrected chi connectivity index (χ1v) is 12.1. The minimum atomic E-state index is -1.20. The Morgan fingerprint density at radius 3 is 2.32 bits per heavy atom. The van der Waals surface area contributed by atoms with Crippen LogP contribution in [0.2, 0.25) is 0 Å². The van der Waals surface area contributed by atoms with Gasteiger partial charge in [0.1, 0.15) is 6.04 Å². The monoisotopic (exact) mass is 483 g/mol. The molecule has 2 aliphatic heterocycles. The van der Waals surface area contributed by atoms with Crippen molar-refractivity contribution in [2.24, 2.45) is 23.7 Å². The van der Waals surface area contributed by atoms with Gasteiger partial charge in [0.2, 0.25) is 0 Å². The van der Waals surface area contributed by atoms with Gasteiger partial charge in [0.15, 0.2) is 30.1 Å². The average Bonchev–Trinajstić information content (AvgIpc) is 2.73. The van der Waals surface area contributed by atoms with Crippen LogP contribution >= 0.6 is 0 Å². The highest BCUT2D eigenvalue weighted by atomic mass is 16.7. The number of rotatable bonds is 4. The largest absolute Gasteiger partial charge is 0.633 e. The zero-order chi connectivity index (χ0) is 26.0. The number of aliphatic hydroxyl groups is 1. The number of likely N-dealkylation sites (N-methyl/N-ethyl adjacent to an activating group) is 1. The van der Waals surface area contributed by atoms with Gasteiger partial charge in [-0.05, 0) is 39.2 Å². The zero-order valence-electron chi connectivity index (χ0n) is 21.6. The molecule has 0 aromatic carbocycles. The van der Waals surface area contributed by atoms with Crippen molar-refractivity contribution in [3.05, 3.63) is 17.4 Å². The number of hydrogen-bond donors (Lipinski definition) is 1. The van der Waals surface area contributed by atoms with Crippen molar-refractivity contribution in [2.75, 3.05) is 14.1 Å². The van der Waals surface area contributed by atoms with Gasteiger partial charge >= 0.3 is 5.97 Å². The van der Waals surface area contributed by atoms with Gasteiger partial charge in [-0.3, -0.25) is 14.4 Å². The Bertz CT molecular complexity index is 775.